The van der Waals surface area contributed by atoms with E-state index in [-0.39, 0.29) is 5.37 Å². The molecule has 0 aromatic rings. The van der Waals surface area contributed by atoms with E-state index in [4.69, 9.17) is 0 Å². The summed E-state index contributed by atoms with van der Waals surface area (Å²) >= 11 is 1.76. The normalized spacial score (nSPS) is 21.0. The van der Waals surface area contributed by atoms with Crippen molar-refractivity contribution >= 4 is 21.6 Å². The van der Waals surface area contributed by atoms with Crippen molar-refractivity contribution in [2.75, 3.05) is 43.9 Å². The van der Waals surface area contributed by atoms with Crippen LogP contribution in [0.25, 0.3) is 0 Å². The molecule has 0 amide bonds. The van der Waals surface area contributed by atoms with Gasteiger partial charge in [-0.25, -0.2) is 8.42 Å². The van der Waals surface area contributed by atoms with Gasteiger partial charge in [0, 0.05) is 24.3 Å². The topological polar surface area (TPSA) is 49.4 Å². The molecule has 6 heteroatoms. The molecule has 0 aromatic carbocycles. The van der Waals surface area contributed by atoms with Crippen LogP contribution in [0.2, 0.25) is 0 Å². The largest absolute Gasteiger partial charge is 0.316 e. The van der Waals surface area contributed by atoms with Gasteiger partial charge in [0.25, 0.3) is 0 Å². The lowest BCUT2D eigenvalue weighted by Gasteiger charge is -2.33. The molecule has 4 nitrogen and oxygen atoms in total. The van der Waals surface area contributed by atoms with Gasteiger partial charge in [0.2, 0.25) is 0 Å². The van der Waals surface area contributed by atoms with Crippen molar-refractivity contribution in [1.82, 2.24) is 10.2 Å². The van der Waals surface area contributed by atoms with Gasteiger partial charge in [-0.1, -0.05) is 26.7 Å². The highest BCUT2D eigenvalue weighted by atomic mass is 32.2. The summed E-state index contributed by atoms with van der Waals surface area (Å²) in [7, 11) is -2.94. The Kier molecular flexibility index (Phi) is 9.25. The predicted molar refractivity (Wildman–Crippen MR) is 93.7 cm³/mol. The molecular weight excluding hydrogens is 304 g/mol. The van der Waals surface area contributed by atoms with E-state index in [1.165, 1.54) is 25.5 Å². The van der Waals surface area contributed by atoms with Gasteiger partial charge < -0.3 is 5.32 Å². The summed E-state index contributed by atoms with van der Waals surface area (Å²) < 4.78 is 23.6. The molecule has 126 valence electrons. The average molecular weight is 337 g/mol. The van der Waals surface area contributed by atoms with E-state index >= 15 is 0 Å². The van der Waals surface area contributed by atoms with Crippen LogP contribution in [-0.2, 0) is 9.84 Å². The third-order valence-corrected chi connectivity index (χ3v) is 6.47. The van der Waals surface area contributed by atoms with Crippen LogP contribution < -0.4 is 5.32 Å². The van der Waals surface area contributed by atoms with Crippen molar-refractivity contribution in [1.29, 1.82) is 0 Å². The number of hydrogen-bond donors (Lipinski definition) is 1. The van der Waals surface area contributed by atoms with E-state index in [9.17, 15) is 8.42 Å². The third kappa shape index (κ3) is 8.43. The van der Waals surface area contributed by atoms with E-state index < -0.39 is 9.84 Å². The second-order valence-electron chi connectivity index (χ2n) is 6.41. The van der Waals surface area contributed by atoms with Gasteiger partial charge in [0.05, 0.1) is 0 Å². The molecule has 1 saturated heterocycles. The highest BCUT2D eigenvalue weighted by Crippen LogP contribution is 2.20. The molecule has 0 radical (unpaired) electrons. The number of unbranched alkanes of at least 4 members (excludes halogenated alkanes) is 3. The minimum Gasteiger partial charge on any atom is -0.316 e. The molecule has 0 spiro atoms. The van der Waals surface area contributed by atoms with Crippen LogP contribution in [0.4, 0.5) is 0 Å². The molecular formula is C15H32N2O2S2. The second-order valence-corrected chi connectivity index (χ2v) is 9.76. The standard InChI is InChI=1S/C15H32N2O2S2/c1-14(2)12-16-8-6-4-5-7-9-17-10-11-20-13-15(17)21(3,18)19/h14-16H,4-13H2,1-3H3. The smallest absolute Gasteiger partial charge is 0.164 e. The first-order valence-electron chi connectivity index (χ1n) is 8.12. The number of nitrogens with one attached hydrogen (secondary N) is 1. The zero-order valence-electron chi connectivity index (χ0n) is 13.8. The number of sulfone groups is 1. The zero-order valence-corrected chi connectivity index (χ0v) is 15.4. The highest BCUT2D eigenvalue weighted by molar-refractivity contribution is 8.00. The van der Waals surface area contributed by atoms with Gasteiger partial charge in [-0.15, -0.1) is 0 Å². The van der Waals surface area contributed by atoms with Crippen LogP contribution in [0.1, 0.15) is 39.5 Å². The Bertz CT molecular complexity index is 372. The number of rotatable bonds is 10. The monoisotopic (exact) mass is 336 g/mol. The second kappa shape index (κ2) is 10.1. The first-order chi connectivity index (χ1) is 9.91. The van der Waals surface area contributed by atoms with Crippen LogP contribution in [0, 0.1) is 5.92 Å². The van der Waals surface area contributed by atoms with Crippen molar-refractivity contribution in [3.63, 3.8) is 0 Å². The van der Waals surface area contributed by atoms with E-state index in [0.29, 0.717) is 0 Å². The first-order valence-corrected chi connectivity index (χ1v) is 11.2. The molecule has 1 fully saturated rings. The first kappa shape index (κ1) is 19.3. The summed E-state index contributed by atoms with van der Waals surface area (Å²) in [6.07, 6.45) is 6.14. The fraction of sp³-hybridized carbons (Fsp3) is 1.00. The molecule has 1 aliphatic heterocycles. The van der Waals surface area contributed by atoms with Crippen LogP contribution in [0.5, 0.6) is 0 Å². The Morgan fingerprint density at radius 3 is 2.62 bits per heavy atom. The molecule has 0 bridgehead atoms. The molecule has 1 N–H and O–H groups in total. The summed E-state index contributed by atoms with van der Waals surface area (Å²) in [4.78, 5) is 2.17. The maximum atomic E-state index is 11.8. The molecule has 1 unspecified atom stereocenters. The Labute approximate surface area is 135 Å². The average Bonchev–Trinajstić information content (AvgIpc) is 2.41. The van der Waals surface area contributed by atoms with Crippen LogP contribution in [-0.4, -0.2) is 62.6 Å². The van der Waals surface area contributed by atoms with Gasteiger partial charge in [-0.05, 0) is 38.4 Å². The third-order valence-electron chi connectivity index (χ3n) is 3.79. The van der Waals surface area contributed by atoms with Crippen molar-refractivity contribution in [3.8, 4) is 0 Å². The Hall–Kier alpha value is 0.220. The molecule has 0 aliphatic carbocycles. The van der Waals surface area contributed by atoms with E-state index in [2.05, 4.69) is 24.1 Å². The Morgan fingerprint density at radius 1 is 1.24 bits per heavy atom. The van der Waals surface area contributed by atoms with Crippen LogP contribution >= 0.6 is 11.8 Å². The van der Waals surface area contributed by atoms with E-state index in [1.807, 2.05) is 0 Å². The van der Waals surface area contributed by atoms with E-state index in [1.54, 1.807) is 11.8 Å². The summed E-state index contributed by atoms with van der Waals surface area (Å²) in [6, 6.07) is 0. The molecule has 1 atom stereocenters. The van der Waals surface area contributed by atoms with E-state index in [0.717, 1.165) is 50.0 Å². The zero-order chi connectivity index (χ0) is 15.7. The highest BCUT2D eigenvalue weighted by Gasteiger charge is 2.30. The van der Waals surface area contributed by atoms with Crippen LogP contribution in [0.15, 0.2) is 0 Å². The maximum Gasteiger partial charge on any atom is 0.164 e. The summed E-state index contributed by atoms with van der Waals surface area (Å²) in [5, 5.41) is 3.20. The lowest BCUT2D eigenvalue weighted by atomic mass is 10.1. The Balaban J connectivity index is 2.11. The minimum atomic E-state index is -2.94. The van der Waals surface area contributed by atoms with Crippen molar-refractivity contribution in [2.24, 2.45) is 5.92 Å². The minimum absolute atomic E-state index is 0.260. The fourth-order valence-electron chi connectivity index (χ4n) is 2.57. The number of hydrogen-bond acceptors (Lipinski definition) is 5. The SMILES string of the molecule is CC(C)CNCCCCCCN1CCSCC1S(C)(=O)=O. The lowest BCUT2D eigenvalue weighted by Crippen LogP contribution is -2.47. The van der Waals surface area contributed by atoms with Gasteiger partial charge in [-0.3, -0.25) is 4.90 Å². The van der Waals surface area contributed by atoms with Crippen molar-refractivity contribution < 1.29 is 8.42 Å². The molecule has 0 aromatic heterocycles. The molecule has 1 heterocycles. The Morgan fingerprint density at radius 2 is 1.95 bits per heavy atom. The van der Waals surface area contributed by atoms with Crippen LogP contribution in [0.3, 0.4) is 0 Å². The summed E-state index contributed by atoms with van der Waals surface area (Å²) in [5.74, 6) is 2.51. The predicted octanol–water partition coefficient (Wildman–Crippen LogP) is 2.21. The van der Waals surface area contributed by atoms with Gasteiger partial charge >= 0.3 is 0 Å². The number of thioether (sulfide) groups is 1. The fourth-order valence-corrected chi connectivity index (χ4v) is 5.55. The molecule has 21 heavy (non-hydrogen) atoms. The van der Waals surface area contributed by atoms with Crippen molar-refractivity contribution in [3.05, 3.63) is 0 Å². The summed E-state index contributed by atoms with van der Waals surface area (Å²) in [6.45, 7) is 8.49. The van der Waals surface area contributed by atoms with Crippen molar-refractivity contribution in [2.45, 2.75) is 44.9 Å². The van der Waals surface area contributed by atoms with Gasteiger partial charge in [0.15, 0.2) is 9.84 Å². The maximum absolute atomic E-state index is 11.8. The number of nitrogens with zero attached hydrogens (tertiary/aromatic N) is 1. The summed E-state index contributed by atoms with van der Waals surface area (Å²) in [5.41, 5.74) is 0. The molecule has 1 rings (SSSR count). The lowest BCUT2D eigenvalue weighted by molar-refractivity contribution is 0.264. The molecule has 1 aliphatic rings. The quantitative estimate of drug-likeness (QED) is 0.620. The molecule has 0 saturated carbocycles. The van der Waals surface area contributed by atoms with Gasteiger partial charge in [-0.2, -0.15) is 11.8 Å². The van der Waals surface area contributed by atoms with Gasteiger partial charge in [0.1, 0.15) is 5.37 Å².